The van der Waals surface area contributed by atoms with Crippen molar-refractivity contribution in [3.63, 3.8) is 0 Å². The normalized spacial score (nSPS) is 11.6. The van der Waals surface area contributed by atoms with Gasteiger partial charge in [-0.3, -0.25) is 14.9 Å². The molecule has 0 unspecified atom stereocenters. The van der Waals surface area contributed by atoms with E-state index in [1.165, 1.54) is 13.2 Å². The predicted molar refractivity (Wildman–Crippen MR) is 104 cm³/mol. The van der Waals surface area contributed by atoms with Crippen molar-refractivity contribution in [2.24, 2.45) is 0 Å². The Morgan fingerprint density at radius 3 is 2.46 bits per heavy atom. The van der Waals surface area contributed by atoms with Gasteiger partial charge in [-0.05, 0) is 16.8 Å². The van der Waals surface area contributed by atoms with E-state index < -0.39 is 22.8 Å². The van der Waals surface area contributed by atoms with Crippen LogP contribution in [0.1, 0.15) is 15.9 Å². The zero-order valence-electron chi connectivity index (χ0n) is 15.1. The summed E-state index contributed by atoms with van der Waals surface area (Å²) in [5.74, 6) is -1.13. The molecule has 0 spiro atoms. The number of rotatable bonds is 6. The number of para-hydroxylation sites is 1. The molecular formula is C21H18N2O5. The molecular weight excluding hydrogens is 360 g/mol. The van der Waals surface area contributed by atoms with Crippen LogP contribution in [0, 0.1) is 10.1 Å². The first-order valence-electron chi connectivity index (χ1n) is 8.60. The molecule has 1 atom stereocenters. The molecule has 0 aliphatic carbocycles. The number of nitrogens with zero attached hydrogens (tertiary/aromatic N) is 1. The summed E-state index contributed by atoms with van der Waals surface area (Å²) in [7, 11) is 1.21. The van der Waals surface area contributed by atoms with Gasteiger partial charge in [-0.2, -0.15) is 0 Å². The summed E-state index contributed by atoms with van der Waals surface area (Å²) in [5.41, 5.74) is 0.631. The highest BCUT2D eigenvalue weighted by molar-refractivity contribution is 6.08. The Labute approximate surface area is 161 Å². The molecule has 1 N–H and O–H groups in total. The maximum Gasteiger partial charge on any atom is 0.328 e. The quantitative estimate of drug-likeness (QED) is 0.403. The molecule has 0 aliphatic rings. The van der Waals surface area contributed by atoms with Crippen LogP contribution in [0.4, 0.5) is 5.69 Å². The largest absolute Gasteiger partial charge is 0.467 e. The number of esters is 1. The first-order chi connectivity index (χ1) is 13.5. The second-order valence-electron chi connectivity index (χ2n) is 6.17. The van der Waals surface area contributed by atoms with Crippen LogP contribution >= 0.6 is 0 Å². The molecule has 3 aromatic rings. The number of amides is 1. The van der Waals surface area contributed by atoms with E-state index in [-0.39, 0.29) is 12.1 Å². The molecule has 0 saturated carbocycles. The van der Waals surface area contributed by atoms with Crippen molar-refractivity contribution in [2.75, 3.05) is 7.11 Å². The average molecular weight is 378 g/mol. The van der Waals surface area contributed by atoms with Crippen LogP contribution in [0.5, 0.6) is 0 Å². The second kappa shape index (κ2) is 8.30. The third-order valence-corrected chi connectivity index (χ3v) is 4.44. The molecule has 0 bridgehead atoms. The van der Waals surface area contributed by atoms with Gasteiger partial charge in [0.15, 0.2) is 0 Å². The monoisotopic (exact) mass is 378 g/mol. The highest BCUT2D eigenvalue weighted by Gasteiger charge is 2.26. The lowest BCUT2D eigenvalue weighted by atomic mass is 10.0. The molecule has 0 aromatic heterocycles. The molecule has 0 aliphatic heterocycles. The van der Waals surface area contributed by atoms with Crippen molar-refractivity contribution in [2.45, 2.75) is 12.5 Å². The first-order valence-corrected chi connectivity index (χ1v) is 8.60. The van der Waals surface area contributed by atoms with E-state index in [4.69, 9.17) is 4.74 Å². The third kappa shape index (κ3) is 3.98. The molecule has 0 radical (unpaired) electrons. The van der Waals surface area contributed by atoms with E-state index in [2.05, 4.69) is 5.32 Å². The van der Waals surface area contributed by atoms with Gasteiger partial charge in [0, 0.05) is 23.6 Å². The van der Waals surface area contributed by atoms with Crippen LogP contribution in [-0.2, 0) is 16.0 Å². The van der Waals surface area contributed by atoms with Crippen LogP contribution in [0.3, 0.4) is 0 Å². The Morgan fingerprint density at radius 2 is 1.71 bits per heavy atom. The summed E-state index contributed by atoms with van der Waals surface area (Å²) < 4.78 is 4.79. The predicted octanol–water partition coefficient (Wildman–Crippen LogP) is 3.26. The number of methoxy groups -OCH3 is 1. The zero-order valence-corrected chi connectivity index (χ0v) is 15.1. The van der Waals surface area contributed by atoms with Crippen molar-refractivity contribution < 1.29 is 19.2 Å². The van der Waals surface area contributed by atoms with Crippen molar-refractivity contribution in [1.82, 2.24) is 5.32 Å². The van der Waals surface area contributed by atoms with Gasteiger partial charge in [0.1, 0.15) is 6.04 Å². The van der Waals surface area contributed by atoms with Gasteiger partial charge >= 0.3 is 5.97 Å². The van der Waals surface area contributed by atoms with Crippen LogP contribution < -0.4 is 5.32 Å². The molecule has 7 nitrogen and oxygen atoms in total. The molecule has 0 heterocycles. The smallest absolute Gasteiger partial charge is 0.328 e. The highest BCUT2D eigenvalue weighted by Crippen LogP contribution is 2.21. The second-order valence-corrected chi connectivity index (χ2v) is 6.17. The number of hydrogen-bond acceptors (Lipinski definition) is 5. The summed E-state index contributed by atoms with van der Waals surface area (Å²) in [5, 5.41) is 15.5. The lowest BCUT2D eigenvalue weighted by Crippen LogP contribution is -2.43. The van der Waals surface area contributed by atoms with Gasteiger partial charge in [-0.25, -0.2) is 4.79 Å². The van der Waals surface area contributed by atoms with Crippen LogP contribution in [0.2, 0.25) is 0 Å². The fraction of sp³-hybridized carbons (Fsp3) is 0.143. The van der Waals surface area contributed by atoms with Crippen molar-refractivity contribution in [3.8, 4) is 0 Å². The minimum Gasteiger partial charge on any atom is -0.467 e. The molecule has 0 fully saturated rings. The molecule has 7 heteroatoms. The number of carbonyl (C=O) groups excluding carboxylic acids is 2. The van der Waals surface area contributed by atoms with Gasteiger partial charge in [-0.1, -0.05) is 54.6 Å². The molecule has 142 valence electrons. The number of hydrogen-bond donors (Lipinski definition) is 1. The molecule has 0 saturated heterocycles. The minimum atomic E-state index is -1.06. The zero-order chi connectivity index (χ0) is 20.1. The third-order valence-electron chi connectivity index (χ3n) is 4.44. The standard InChI is InChI=1S/C21H18N2O5/c1-28-21(25)18(13-15-8-3-5-12-19(15)23(26)27)22-20(24)17-11-6-9-14-7-2-4-10-16(14)17/h2-12,18H,13H2,1H3,(H,22,24)/t18-/m0/s1. The van der Waals surface area contributed by atoms with E-state index in [9.17, 15) is 19.7 Å². The van der Waals surface area contributed by atoms with Crippen molar-refractivity contribution in [1.29, 1.82) is 0 Å². The van der Waals surface area contributed by atoms with Crippen LogP contribution in [-0.4, -0.2) is 30.0 Å². The Bertz CT molecular complexity index is 1040. The van der Waals surface area contributed by atoms with Gasteiger partial charge in [0.05, 0.1) is 12.0 Å². The maximum absolute atomic E-state index is 12.8. The Balaban J connectivity index is 1.90. The Kier molecular flexibility index (Phi) is 5.64. The maximum atomic E-state index is 12.8. The molecule has 3 rings (SSSR count). The molecule has 28 heavy (non-hydrogen) atoms. The van der Waals surface area contributed by atoms with E-state index in [1.54, 1.807) is 30.3 Å². The number of nitrogens with one attached hydrogen (secondary N) is 1. The van der Waals surface area contributed by atoms with Gasteiger partial charge in [-0.15, -0.1) is 0 Å². The van der Waals surface area contributed by atoms with Gasteiger partial charge in [0.25, 0.3) is 11.6 Å². The van der Waals surface area contributed by atoms with E-state index in [0.717, 1.165) is 10.8 Å². The number of fused-ring (bicyclic) bond motifs is 1. The summed E-state index contributed by atoms with van der Waals surface area (Å²) >= 11 is 0. The fourth-order valence-electron chi connectivity index (χ4n) is 3.08. The Morgan fingerprint density at radius 1 is 1.04 bits per heavy atom. The Hall–Kier alpha value is -3.74. The number of ether oxygens (including phenoxy) is 1. The number of carbonyl (C=O) groups is 2. The summed E-state index contributed by atoms with van der Waals surface area (Å²) in [4.78, 5) is 35.8. The lowest BCUT2D eigenvalue weighted by molar-refractivity contribution is -0.385. The van der Waals surface area contributed by atoms with Crippen LogP contribution in [0.15, 0.2) is 66.7 Å². The lowest BCUT2D eigenvalue weighted by Gasteiger charge is -2.17. The van der Waals surface area contributed by atoms with Crippen molar-refractivity contribution >= 4 is 28.3 Å². The topological polar surface area (TPSA) is 98.5 Å². The van der Waals surface area contributed by atoms with Crippen molar-refractivity contribution in [3.05, 3.63) is 88.0 Å². The number of nitro benzene ring substituents is 1. The van der Waals surface area contributed by atoms with E-state index in [0.29, 0.717) is 11.1 Å². The average Bonchev–Trinajstić information content (AvgIpc) is 2.72. The number of benzene rings is 3. The SMILES string of the molecule is COC(=O)[C@H](Cc1ccccc1[N+](=O)[O-])NC(=O)c1cccc2ccccc12. The van der Waals surface area contributed by atoms with Crippen LogP contribution in [0.25, 0.3) is 10.8 Å². The molecule has 3 aromatic carbocycles. The summed E-state index contributed by atoms with van der Waals surface area (Å²) in [6.07, 6.45) is -0.0552. The highest BCUT2D eigenvalue weighted by atomic mass is 16.6. The van der Waals surface area contributed by atoms with Gasteiger partial charge < -0.3 is 10.1 Å². The first kappa shape index (κ1) is 19.0. The fourth-order valence-corrected chi connectivity index (χ4v) is 3.08. The minimum absolute atomic E-state index is 0.0552. The summed E-state index contributed by atoms with van der Waals surface area (Å²) in [6, 6.07) is 17.7. The van der Waals surface area contributed by atoms with E-state index in [1.807, 2.05) is 30.3 Å². The van der Waals surface area contributed by atoms with E-state index >= 15 is 0 Å². The van der Waals surface area contributed by atoms with Gasteiger partial charge in [0.2, 0.25) is 0 Å². The number of nitro groups is 1. The molecule has 1 amide bonds. The summed E-state index contributed by atoms with van der Waals surface area (Å²) in [6.45, 7) is 0.